The molecule has 0 heterocycles. The first-order chi connectivity index (χ1) is 8.58. The number of rotatable bonds is 3. The Bertz CT molecular complexity index is 506. The van der Waals surface area contributed by atoms with Gasteiger partial charge in [-0.1, -0.05) is 55.9 Å². The van der Waals surface area contributed by atoms with Crippen LogP contribution in [0.3, 0.4) is 0 Å². The van der Waals surface area contributed by atoms with E-state index in [0.29, 0.717) is 0 Å². The fourth-order valence-electron chi connectivity index (χ4n) is 2.71. The van der Waals surface area contributed by atoms with Crippen LogP contribution in [0.15, 0.2) is 42.5 Å². The highest BCUT2D eigenvalue weighted by Gasteiger charge is 2.12. The van der Waals surface area contributed by atoms with E-state index < -0.39 is 0 Å². The SMILES string of the molecule is Cc1cc(C)c(P(C)Cc2ccccc2)c(C)c1. The summed E-state index contributed by atoms with van der Waals surface area (Å²) in [5.41, 5.74) is 5.73. The second-order valence-electron chi connectivity index (χ2n) is 5.09. The molecule has 1 heteroatoms. The van der Waals surface area contributed by atoms with E-state index >= 15 is 0 Å². The molecule has 0 aromatic heterocycles. The Morgan fingerprint density at radius 3 is 2.00 bits per heavy atom. The maximum absolute atomic E-state index is 2.40. The van der Waals surface area contributed by atoms with Crippen LogP contribution in [-0.4, -0.2) is 6.66 Å². The maximum Gasteiger partial charge on any atom is -0.00351 e. The molecule has 0 aliphatic heterocycles. The molecule has 94 valence electrons. The van der Waals surface area contributed by atoms with Gasteiger partial charge in [0.15, 0.2) is 0 Å². The Morgan fingerprint density at radius 1 is 0.889 bits per heavy atom. The fourth-order valence-corrected chi connectivity index (χ4v) is 4.96. The van der Waals surface area contributed by atoms with Crippen molar-refractivity contribution in [1.82, 2.24) is 0 Å². The van der Waals surface area contributed by atoms with Crippen molar-refractivity contribution in [2.75, 3.05) is 6.66 Å². The molecular weight excluding hydrogens is 235 g/mol. The summed E-state index contributed by atoms with van der Waals surface area (Å²) in [6.45, 7) is 9.07. The van der Waals surface area contributed by atoms with E-state index in [-0.39, 0.29) is 7.92 Å². The van der Waals surface area contributed by atoms with Gasteiger partial charge in [-0.05, 0) is 55.6 Å². The van der Waals surface area contributed by atoms with Crippen molar-refractivity contribution in [3.8, 4) is 0 Å². The van der Waals surface area contributed by atoms with E-state index in [9.17, 15) is 0 Å². The highest BCUT2D eigenvalue weighted by Crippen LogP contribution is 2.37. The van der Waals surface area contributed by atoms with Gasteiger partial charge in [0.05, 0.1) is 0 Å². The molecule has 2 aromatic rings. The molecule has 0 aliphatic rings. The van der Waals surface area contributed by atoms with E-state index in [1.807, 2.05) is 0 Å². The molecule has 0 fully saturated rings. The van der Waals surface area contributed by atoms with Crippen molar-refractivity contribution in [2.45, 2.75) is 26.9 Å². The van der Waals surface area contributed by atoms with E-state index in [1.165, 1.54) is 28.4 Å². The smallest absolute Gasteiger partial charge is 0.00351 e. The van der Waals surface area contributed by atoms with Crippen molar-refractivity contribution >= 4 is 13.2 Å². The number of hydrogen-bond donors (Lipinski definition) is 0. The maximum atomic E-state index is 2.40. The summed E-state index contributed by atoms with van der Waals surface area (Å²) >= 11 is 0. The third-order valence-corrected chi connectivity index (χ3v) is 5.59. The molecule has 0 N–H and O–H groups in total. The summed E-state index contributed by atoms with van der Waals surface area (Å²) in [7, 11) is -0.106. The first kappa shape index (κ1) is 13.3. The van der Waals surface area contributed by atoms with Crippen LogP contribution in [0.2, 0.25) is 0 Å². The van der Waals surface area contributed by atoms with Crippen LogP contribution < -0.4 is 5.30 Å². The molecule has 0 bridgehead atoms. The van der Waals surface area contributed by atoms with Crippen LogP contribution in [-0.2, 0) is 6.16 Å². The zero-order valence-electron chi connectivity index (χ0n) is 11.7. The first-order valence-corrected chi connectivity index (χ1v) is 8.38. The summed E-state index contributed by atoms with van der Waals surface area (Å²) in [4.78, 5) is 0. The molecule has 1 unspecified atom stereocenters. The predicted molar refractivity (Wildman–Crippen MR) is 83.3 cm³/mol. The lowest BCUT2D eigenvalue weighted by Gasteiger charge is -2.19. The molecular formula is C17H21P. The summed E-state index contributed by atoms with van der Waals surface area (Å²) in [6.07, 6.45) is 1.18. The van der Waals surface area contributed by atoms with Gasteiger partial charge in [-0.3, -0.25) is 0 Å². The molecule has 0 saturated carbocycles. The first-order valence-electron chi connectivity index (χ1n) is 6.41. The summed E-state index contributed by atoms with van der Waals surface area (Å²) < 4.78 is 0. The largest absolute Gasteiger partial charge is 0.0734 e. The van der Waals surface area contributed by atoms with Gasteiger partial charge in [-0.2, -0.15) is 0 Å². The highest BCUT2D eigenvalue weighted by molar-refractivity contribution is 7.64. The molecule has 0 spiro atoms. The zero-order valence-corrected chi connectivity index (χ0v) is 12.6. The van der Waals surface area contributed by atoms with E-state index in [0.717, 1.165) is 0 Å². The lowest BCUT2D eigenvalue weighted by Crippen LogP contribution is -2.11. The lowest BCUT2D eigenvalue weighted by molar-refractivity contribution is 1.34. The molecule has 1 atom stereocenters. The number of hydrogen-bond acceptors (Lipinski definition) is 0. The number of benzene rings is 2. The Kier molecular flexibility index (Phi) is 4.19. The number of aryl methyl sites for hydroxylation is 3. The average Bonchev–Trinajstić information content (AvgIpc) is 2.28. The second kappa shape index (κ2) is 5.67. The van der Waals surface area contributed by atoms with Gasteiger partial charge in [-0.25, -0.2) is 0 Å². The molecule has 0 aliphatic carbocycles. The topological polar surface area (TPSA) is 0 Å². The zero-order chi connectivity index (χ0) is 13.1. The minimum Gasteiger partial charge on any atom is -0.0734 e. The van der Waals surface area contributed by atoms with Gasteiger partial charge in [0.25, 0.3) is 0 Å². The van der Waals surface area contributed by atoms with Crippen molar-refractivity contribution in [3.05, 3.63) is 64.7 Å². The van der Waals surface area contributed by atoms with E-state index in [2.05, 4.69) is 69.9 Å². The highest BCUT2D eigenvalue weighted by atomic mass is 31.1. The van der Waals surface area contributed by atoms with Crippen LogP contribution in [0.5, 0.6) is 0 Å². The molecule has 0 saturated heterocycles. The summed E-state index contributed by atoms with van der Waals surface area (Å²) in [5, 5.41) is 1.58. The Hall–Kier alpha value is -1.13. The standard InChI is InChI=1S/C17H21P/c1-13-10-14(2)17(15(3)11-13)18(4)12-16-8-6-5-7-9-16/h5-11H,12H2,1-4H3. The normalized spacial score (nSPS) is 12.4. The molecule has 0 radical (unpaired) electrons. The Labute approximate surface area is 112 Å². The van der Waals surface area contributed by atoms with Gasteiger partial charge in [0.1, 0.15) is 0 Å². The minimum atomic E-state index is -0.106. The third kappa shape index (κ3) is 3.00. The van der Waals surface area contributed by atoms with Gasteiger partial charge < -0.3 is 0 Å². The van der Waals surface area contributed by atoms with Crippen LogP contribution in [0, 0.1) is 20.8 Å². The van der Waals surface area contributed by atoms with E-state index in [4.69, 9.17) is 0 Å². The molecule has 0 nitrogen and oxygen atoms in total. The van der Waals surface area contributed by atoms with Gasteiger partial charge in [-0.15, -0.1) is 0 Å². The third-order valence-electron chi connectivity index (χ3n) is 3.28. The predicted octanol–water partition coefficient (Wildman–Crippen LogP) is 4.55. The quantitative estimate of drug-likeness (QED) is 0.707. The average molecular weight is 256 g/mol. The van der Waals surface area contributed by atoms with Crippen LogP contribution in [0.1, 0.15) is 22.3 Å². The van der Waals surface area contributed by atoms with Crippen molar-refractivity contribution in [1.29, 1.82) is 0 Å². The Morgan fingerprint density at radius 2 is 1.44 bits per heavy atom. The lowest BCUT2D eigenvalue weighted by atomic mass is 10.1. The minimum absolute atomic E-state index is 0.106. The Balaban J connectivity index is 2.27. The summed E-state index contributed by atoms with van der Waals surface area (Å²) in [5.74, 6) is 0. The molecule has 2 aromatic carbocycles. The van der Waals surface area contributed by atoms with Gasteiger partial charge >= 0.3 is 0 Å². The van der Waals surface area contributed by atoms with Crippen molar-refractivity contribution in [3.63, 3.8) is 0 Å². The van der Waals surface area contributed by atoms with Crippen LogP contribution >= 0.6 is 7.92 Å². The molecule has 0 amide bonds. The molecule has 2 rings (SSSR count). The molecule has 18 heavy (non-hydrogen) atoms. The van der Waals surface area contributed by atoms with Crippen LogP contribution in [0.4, 0.5) is 0 Å². The van der Waals surface area contributed by atoms with Crippen molar-refractivity contribution in [2.24, 2.45) is 0 Å². The van der Waals surface area contributed by atoms with Crippen molar-refractivity contribution < 1.29 is 0 Å². The van der Waals surface area contributed by atoms with Crippen LogP contribution in [0.25, 0.3) is 0 Å². The van der Waals surface area contributed by atoms with Gasteiger partial charge in [0, 0.05) is 0 Å². The van der Waals surface area contributed by atoms with Gasteiger partial charge in [0.2, 0.25) is 0 Å². The monoisotopic (exact) mass is 256 g/mol. The fraction of sp³-hybridized carbons (Fsp3) is 0.294. The summed E-state index contributed by atoms with van der Waals surface area (Å²) in [6, 6.07) is 15.4. The second-order valence-corrected chi connectivity index (χ2v) is 7.25. The van der Waals surface area contributed by atoms with E-state index in [1.54, 1.807) is 5.30 Å².